The lowest BCUT2D eigenvalue weighted by molar-refractivity contribution is -0.133. The van der Waals surface area contributed by atoms with Crippen LogP contribution in [0.3, 0.4) is 0 Å². The zero-order chi connectivity index (χ0) is 19.9. The summed E-state index contributed by atoms with van der Waals surface area (Å²) < 4.78 is 11.0. The van der Waals surface area contributed by atoms with Gasteiger partial charge in [0.15, 0.2) is 0 Å². The Kier molecular flexibility index (Phi) is 5.91. The largest absolute Gasteiger partial charge is 0.467 e. The van der Waals surface area contributed by atoms with Crippen LogP contribution in [0.15, 0.2) is 106 Å². The van der Waals surface area contributed by atoms with Crippen LogP contribution < -0.4 is 0 Å². The van der Waals surface area contributed by atoms with Gasteiger partial charge in [-0.25, -0.2) is 0 Å². The molecule has 1 amide bonds. The minimum Gasteiger partial charge on any atom is -0.467 e. The first-order valence-corrected chi connectivity index (χ1v) is 9.72. The van der Waals surface area contributed by atoms with Crippen molar-refractivity contribution < 1.29 is 13.6 Å². The molecule has 4 rings (SSSR count). The van der Waals surface area contributed by atoms with E-state index in [0.717, 1.165) is 22.6 Å². The van der Waals surface area contributed by atoms with Crippen molar-refractivity contribution in [3.63, 3.8) is 0 Å². The maximum absolute atomic E-state index is 13.4. The van der Waals surface area contributed by atoms with Gasteiger partial charge in [-0.15, -0.1) is 0 Å². The molecule has 4 aromatic rings. The molecular weight excluding hydrogens is 362 g/mol. The summed E-state index contributed by atoms with van der Waals surface area (Å²) in [5.74, 6) is 1.54. The van der Waals surface area contributed by atoms with Crippen molar-refractivity contribution in [2.75, 3.05) is 0 Å². The van der Waals surface area contributed by atoms with Crippen LogP contribution in [0.5, 0.6) is 0 Å². The summed E-state index contributed by atoms with van der Waals surface area (Å²) in [6.45, 7) is 0.811. The third kappa shape index (κ3) is 4.85. The first-order valence-electron chi connectivity index (χ1n) is 9.72. The number of carbonyl (C=O) groups is 1. The van der Waals surface area contributed by atoms with Crippen molar-refractivity contribution in [3.05, 3.63) is 120 Å². The number of rotatable bonds is 8. The van der Waals surface area contributed by atoms with E-state index in [0.29, 0.717) is 19.5 Å². The molecule has 0 aliphatic rings. The number of furan rings is 2. The molecule has 146 valence electrons. The number of hydrogen-bond donors (Lipinski definition) is 0. The van der Waals surface area contributed by atoms with E-state index in [9.17, 15) is 4.79 Å². The summed E-state index contributed by atoms with van der Waals surface area (Å²) in [4.78, 5) is 15.2. The highest BCUT2D eigenvalue weighted by Crippen LogP contribution is 2.29. The van der Waals surface area contributed by atoms with Crippen LogP contribution in [0.25, 0.3) is 0 Å². The van der Waals surface area contributed by atoms with E-state index in [1.54, 1.807) is 17.4 Å². The van der Waals surface area contributed by atoms with Crippen molar-refractivity contribution in [1.29, 1.82) is 0 Å². The average molecular weight is 385 g/mol. The fourth-order valence-corrected chi connectivity index (χ4v) is 3.52. The lowest BCUT2D eigenvalue weighted by Gasteiger charge is -2.24. The number of carbonyl (C=O) groups excluding carboxylic acids is 1. The lowest BCUT2D eigenvalue weighted by atomic mass is 9.88. The number of hydrogen-bond acceptors (Lipinski definition) is 3. The molecule has 0 aliphatic heterocycles. The first kappa shape index (κ1) is 18.8. The van der Waals surface area contributed by atoms with Gasteiger partial charge in [-0.3, -0.25) is 4.79 Å². The Morgan fingerprint density at radius 1 is 0.690 bits per heavy atom. The van der Waals surface area contributed by atoms with Gasteiger partial charge in [0.25, 0.3) is 0 Å². The minimum absolute atomic E-state index is 0.0133. The molecule has 0 bridgehead atoms. The minimum atomic E-state index is -0.0133. The highest BCUT2D eigenvalue weighted by Gasteiger charge is 2.23. The summed E-state index contributed by atoms with van der Waals surface area (Å²) in [6, 6.07) is 27.8. The van der Waals surface area contributed by atoms with Gasteiger partial charge >= 0.3 is 0 Å². The van der Waals surface area contributed by atoms with Gasteiger partial charge in [-0.05, 0) is 35.4 Å². The number of amides is 1. The molecule has 2 aromatic carbocycles. The molecule has 0 fully saturated rings. The molecule has 2 aromatic heterocycles. The third-order valence-corrected chi connectivity index (χ3v) is 4.99. The molecule has 0 saturated carbocycles. The molecule has 0 spiro atoms. The molecule has 29 heavy (non-hydrogen) atoms. The van der Waals surface area contributed by atoms with Gasteiger partial charge in [-0.1, -0.05) is 60.7 Å². The fourth-order valence-electron chi connectivity index (χ4n) is 3.52. The van der Waals surface area contributed by atoms with Crippen LogP contribution in [0.1, 0.15) is 35.0 Å². The molecule has 0 saturated heterocycles. The van der Waals surface area contributed by atoms with Gasteiger partial charge in [-0.2, -0.15) is 0 Å². The van der Waals surface area contributed by atoms with Crippen molar-refractivity contribution in [1.82, 2.24) is 4.90 Å². The average Bonchev–Trinajstić information content (AvgIpc) is 3.47. The van der Waals surface area contributed by atoms with E-state index in [2.05, 4.69) is 24.3 Å². The highest BCUT2D eigenvalue weighted by molar-refractivity contribution is 5.77. The Balaban J connectivity index is 1.59. The summed E-state index contributed by atoms with van der Waals surface area (Å²) in [6.07, 6.45) is 3.62. The topological polar surface area (TPSA) is 46.6 Å². The first-order chi connectivity index (χ1) is 14.3. The highest BCUT2D eigenvalue weighted by atomic mass is 16.3. The Hall–Kier alpha value is -3.53. The van der Waals surface area contributed by atoms with Gasteiger partial charge in [0.2, 0.25) is 5.91 Å². The molecule has 4 nitrogen and oxygen atoms in total. The third-order valence-electron chi connectivity index (χ3n) is 4.99. The van der Waals surface area contributed by atoms with E-state index in [1.807, 2.05) is 60.7 Å². The monoisotopic (exact) mass is 385 g/mol. The van der Waals surface area contributed by atoms with Crippen LogP contribution in [-0.2, 0) is 17.9 Å². The second-order valence-corrected chi connectivity index (χ2v) is 6.99. The van der Waals surface area contributed by atoms with E-state index < -0.39 is 0 Å². The normalized spacial score (nSPS) is 10.9. The standard InChI is InChI=1S/C25H23NO3/c27-25(26(18-22-13-7-15-28-22)19-23-14-8-16-29-23)17-24(20-9-3-1-4-10-20)21-11-5-2-6-12-21/h1-16,24H,17-19H2. The Labute approximate surface area is 170 Å². The molecule has 0 radical (unpaired) electrons. The van der Waals surface area contributed by atoms with Crippen LogP contribution in [0.4, 0.5) is 0 Å². The van der Waals surface area contributed by atoms with Crippen molar-refractivity contribution in [2.24, 2.45) is 0 Å². The molecule has 0 atom stereocenters. The summed E-state index contributed by atoms with van der Waals surface area (Å²) >= 11 is 0. The number of benzene rings is 2. The van der Waals surface area contributed by atoms with Gasteiger partial charge in [0.05, 0.1) is 25.6 Å². The van der Waals surface area contributed by atoms with Crippen molar-refractivity contribution in [3.8, 4) is 0 Å². The molecule has 0 aliphatic carbocycles. The molecular formula is C25H23NO3. The van der Waals surface area contributed by atoms with Gasteiger partial charge in [0, 0.05) is 12.3 Å². The maximum atomic E-state index is 13.4. The Morgan fingerprint density at radius 2 is 1.17 bits per heavy atom. The van der Waals surface area contributed by atoms with Crippen LogP contribution in [0.2, 0.25) is 0 Å². The van der Waals surface area contributed by atoms with Crippen LogP contribution in [0, 0.1) is 0 Å². The Morgan fingerprint density at radius 3 is 1.59 bits per heavy atom. The van der Waals surface area contributed by atoms with Crippen molar-refractivity contribution >= 4 is 5.91 Å². The summed E-state index contributed by atoms with van der Waals surface area (Å²) in [5, 5.41) is 0. The second kappa shape index (κ2) is 9.11. The predicted molar refractivity (Wildman–Crippen MR) is 111 cm³/mol. The lowest BCUT2D eigenvalue weighted by Crippen LogP contribution is -2.31. The molecule has 2 heterocycles. The molecule has 0 N–H and O–H groups in total. The fraction of sp³-hybridized carbons (Fsp3) is 0.160. The molecule has 0 unspecified atom stereocenters. The number of nitrogens with zero attached hydrogens (tertiary/aromatic N) is 1. The van der Waals surface area contributed by atoms with E-state index in [1.165, 1.54) is 0 Å². The smallest absolute Gasteiger partial charge is 0.224 e. The van der Waals surface area contributed by atoms with Gasteiger partial charge in [0.1, 0.15) is 11.5 Å². The van der Waals surface area contributed by atoms with Crippen LogP contribution >= 0.6 is 0 Å². The van der Waals surface area contributed by atoms with Crippen LogP contribution in [-0.4, -0.2) is 10.8 Å². The Bertz CT molecular complexity index is 917. The zero-order valence-electron chi connectivity index (χ0n) is 16.1. The van der Waals surface area contributed by atoms with E-state index >= 15 is 0 Å². The van der Waals surface area contributed by atoms with Crippen molar-refractivity contribution in [2.45, 2.75) is 25.4 Å². The zero-order valence-corrected chi connectivity index (χ0v) is 16.1. The second-order valence-electron chi connectivity index (χ2n) is 6.99. The molecule has 4 heteroatoms. The summed E-state index contributed by atoms with van der Waals surface area (Å²) in [5.41, 5.74) is 2.26. The van der Waals surface area contributed by atoms with Gasteiger partial charge < -0.3 is 13.7 Å². The SMILES string of the molecule is O=C(CC(c1ccccc1)c1ccccc1)N(Cc1ccco1)Cc1ccco1. The van der Waals surface area contributed by atoms with E-state index in [4.69, 9.17) is 8.83 Å². The van der Waals surface area contributed by atoms with E-state index in [-0.39, 0.29) is 11.8 Å². The predicted octanol–water partition coefficient (Wildman–Crippen LogP) is 5.62. The maximum Gasteiger partial charge on any atom is 0.224 e. The quantitative estimate of drug-likeness (QED) is 0.395. The summed E-state index contributed by atoms with van der Waals surface area (Å²) in [7, 11) is 0.